The maximum absolute atomic E-state index is 12.5. The molecule has 20 heavy (non-hydrogen) atoms. The Morgan fingerprint density at radius 3 is 2.75 bits per heavy atom. The summed E-state index contributed by atoms with van der Waals surface area (Å²) >= 11 is 5.85. The summed E-state index contributed by atoms with van der Waals surface area (Å²) in [5, 5.41) is 9.75. The number of imidazole rings is 1. The highest BCUT2D eigenvalue weighted by Crippen LogP contribution is 2.35. The SMILES string of the molecule is Cn1c(=O)n(C2(C#N)CCCCC2)c2nc(Cl)ncc21. The van der Waals surface area contributed by atoms with Crippen molar-refractivity contribution in [2.24, 2.45) is 7.05 Å². The fraction of sp³-hybridized carbons (Fsp3) is 0.538. The summed E-state index contributed by atoms with van der Waals surface area (Å²) in [5.41, 5.74) is -0.00689. The fourth-order valence-electron chi connectivity index (χ4n) is 3.00. The standard InChI is InChI=1S/C13H14ClN5O/c1-18-9-7-16-11(14)17-10(9)19(12(18)20)13(8-15)5-3-2-4-6-13/h7H,2-6H2,1H3. The number of hydrogen-bond acceptors (Lipinski definition) is 4. The molecule has 0 aliphatic heterocycles. The first-order chi connectivity index (χ1) is 9.59. The molecule has 2 aromatic heterocycles. The van der Waals surface area contributed by atoms with E-state index in [9.17, 15) is 10.1 Å². The first-order valence-electron chi connectivity index (χ1n) is 6.61. The topological polar surface area (TPSA) is 76.5 Å². The summed E-state index contributed by atoms with van der Waals surface area (Å²) in [6.45, 7) is 0. The number of nitriles is 1. The van der Waals surface area contributed by atoms with E-state index in [1.807, 2.05) is 0 Å². The van der Waals surface area contributed by atoms with Crippen LogP contribution in [0.25, 0.3) is 11.2 Å². The lowest BCUT2D eigenvalue weighted by atomic mass is 9.82. The van der Waals surface area contributed by atoms with Crippen LogP contribution in [0.1, 0.15) is 32.1 Å². The number of aromatic nitrogens is 4. The summed E-state index contributed by atoms with van der Waals surface area (Å²) in [4.78, 5) is 20.6. The number of halogens is 1. The third-order valence-electron chi connectivity index (χ3n) is 4.09. The average Bonchev–Trinajstić information content (AvgIpc) is 2.71. The fourth-order valence-corrected chi connectivity index (χ4v) is 3.13. The second-order valence-corrected chi connectivity index (χ2v) is 5.57. The molecule has 0 bridgehead atoms. The van der Waals surface area contributed by atoms with Crippen molar-refractivity contribution in [3.05, 3.63) is 22.0 Å². The maximum atomic E-state index is 12.5. The van der Waals surface area contributed by atoms with Gasteiger partial charge in [0.2, 0.25) is 5.28 Å². The first-order valence-corrected chi connectivity index (χ1v) is 6.98. The minimum Gasteiger partial charge on any atom is -0.292 e. The van der Waals surface area contributed by atoms with E-state index < -0.39 is 5.54 Å². The molecule has 0 unspecified atom stereocenters. The van der Waals surface area contributed by atoms with Gasteiger partial charge in [-0.2, -0.15) is 10.2 Å². The quantitative estimate of drug-likeness (QED) is 0.753. The highest BCUT2D eigenvalue weighted by atomic mass is 35.5. The Morgan fingerprint density at radius 1 is 1.40 bits per heavy atom. The van der Waals surface area contributed by atoms with Gasteiger partial charge in [0, 0.05) is 7.05 Å². The summed E-state index contributed by atoms with van der Waals surface area (Å²) in [6, 6.07) is 2.35. The summed E-state index contributed by atoms with van der Waals surface area (Å²) < 4.78 is 2.98. The number of nitrogens with zero attached hydrogens (tertiary/aromatic N) is 5. The van der Waals surface area contributed by atoms with Crippen molar-refractivity contribution in [1.82, 2.24) is 19.1 Å². The third-order valence-corrected chi connectivity index (χ3v) is 4.27. The Hall–Kier alpha value is -1.87. The van der Waals surface area contributed by atoms with E-state index in [-0.39, 0.29) is 11.0 Å². The Balaban J connectivity index is 2.35. The van der Waals surface area contributed by atoms with Gasteiger partial charge in [-0.05, 0) is 24.4 Å². The predicted molar refractivity (Wildman–Crippen MR) is 74.5 cm³/mol. The molecule has 0 atom stereocenters. The van der Waals surface area contributed by atoms with Gasteiger partial charge in [-0.15, -0.1) is 0 Å². The van der Waals surface area contributed by atoms with Crippen LogP contribution in [0.3, 0.4) is 0 Å². The van der Waals surface area contributed by atoms with Crippen LogP contribution in [-0.4, -0.2) is 19.1 Å². The highest BCUT2D eigenvalue weighted by molar-refractivity contribution is 6.28. The van der Waals surface area contributed by atoms with E-state index in [0.29, 0.717) is 24.0 Å². The smallest absolute Gasteiger partial charge is 0.292 e. The van der Waals surface area contributed by atoms with Crippen LogP contribution in [0, 0.1) is 11.3 Å². The van der Waals surface area contributed by atoms with Crippen LogP contribution < -0.4 is 5.69 Å². The van der Waals surface area contributed by atoms with Crippen molar-refractivity contribution in [2.75, 3.05) is 0 Å². The van der Waals surface area contributed by atoms with Crippen molar-refractivity contribution in [2.45, 2.75) is 37.6 Å². The number of rotatable bonds is 1. The molecule has 104 valence electrons. The van der Waals surface area contributed by atoms with Crippen LogP contribution in [-0.2, 0) is 12.6 Å². The van der Waals surface area contributed by atoms with Crippen LogP contribution in [0.2, 0.25) is 5.28 Å². The van der Waals surface area contributed by atoms with Crippen LogP contribution in [0.5, 0.6) is 0 Å². The van der Waals surface area contributed by atoms with E-state index in [1.54, 1.807) is 7.05 Å². The van der Waals surface area contributed by atoms with E-state index in [4.69, 9.17) is 11.6 Å². The average molecular weight is 292 g/mol. The molecule has 0 amide bonds. The van der Waals surface area contributed by atoms with Gasteiger partial charge in [0.1, 0.15) is 11.1 Å². The van der Waals surface area contributed by atoms with Gasteiger partial charge in [-0.25, -0.2) is 9.78 Å². The lowest BCUT2D eigenvalue weighted by Gasteiger charge is -2.31. The molecule has 1 aliphatic rings. The minimum absolute atomic E-state index is 0.0840. The molecule has 2 heterocycles. The van der Waals surface area contributed by atoms with Crippen LogP contribution in [0.4, 0.5) is 0 Å². The molecule has 1 aliphatic carbocycles. The monoisotopic (exact) mass is 291 g/mol. The van der Waals surface area contributed by atoms with Gasteiger partial charge < -0.3 is 0 Å². The van der Waals surface area contributed by atoms with Gasteiger partial charge in [-0.1, -0.05) is 19.3 Å². The summed E-state index contributed by atoms with van der Waals surface area (Å²) in [7, 11) is 1.66. The van der Waals surface area contributed by atoms with E-state index >= 15 is 0 Å². The normalized spacial score (nSPS) is 18.1. The van der Waals surface area contributed by atoms with Gasteiger partial charge in [0.05, 0.1) is 12.3 Å². The predicted octanol–water partition coefficient (Wildman–Crippen LogP) is 1.97. The summed E-state index contributed by atoms with van der Waals surface area (Å²) in [5.74, 6) is 0. The molecular weight excluding hydrogens is 278 g/mol. The van der Waals surface area contributed by atoms with Crippen molar-refractivity contribution in [1.29, 1.82) is 5.26 Å². The zero-order valence-electron chi connectivity index (χ0n) is 11.1. The zero-order chi connectivity index (χ0) is 14.3. The van der Waals surface area contributed by atoms with Gasteiger partial charge in [-0.3, -0.25) is 9.13 Å². The van der Waals surface area contributed by atoms with Gasteiger partial charge >= 0.3 is 5.69 Å². The molecule has 0 spiro atoms. The molecular formula is C13H14ClN5O. The maximum Gasteiger partial charge on any atom is 0.331 e. The Morgan fingerprint density at radius 2 is 2.10 bits per heavy atom. The highest BCUT2D eigenvalue weighted by Gasteiger charge is 2.38. The lowest BCUT2D eigenvalue weighted by molar-refractivity contribution is 0.264. The van der Waals surface area contributed by atoms with Crippen molar-refractivity contribution < 1.29 is 0 Å². The molecule has 0 N–H and O–H groups in total. The van der Waals surface area contributed by atoms with E-state index in [0.717, 1.165) is 19.3 Å². The number of aryl methyl sites for hydroxylation is 1. The molecule has 2 aromatic rings. The molecule has 1 saturated carbocycles. The molecule has 3 rings (SSSR count). The van der Waals surface area contributed by atoms with E-state index in [1.165, 1.54) is 15.3 Å². The zero-order valence-corrected chi connectivity index (χ0v) is 11.9. The molecule has 0 radical (unpaired) electrons. The Kier molecular flexibility index (Phi) is 3.02. The Labute approximate surface area is 120 Å². The first kappa shape index (κ1) is 13.1. The van der Waals surface area contributed by atoms with E-state index in [2.05, 4.69) is 16.0 Å². The van der Waals surface area contributed by atoms with Gasteiger partial charge in [0.15, 0.2) is 5.65 Å². The number of hydrogen-bond donors (Lipinski definition) is 0. The Bertz CT molecular complexity index is 763. The third kappa shape index (κ3) is 1.74. The summed E-state index contributed by atoms with van der Waals surface area (Å²) in [6.07, 6.45) is 5.84. The largest absolute Gasteiger partial charge is 0.331 e. The lowest BCUT2D eigenvalue weighted by Crippen LogP contribution is -2.41. The minimum atomic E-state index is -0.813. The molecule has 1 fully saturated rings. The van der Waals surface area contributed by atoms with Gasteiger partial charge in [0.25, 0.3) is 0 Å². The van der Waals surface area contributed by atoms with Crippen molar-refractivity contribution in [3.8, 4) is 6.07 Å². The molecule has 7 heteroatoms. The molecule has 0 aromatic carbocycles. The molecule has 0 saturated heterocycles. The van der Waals surface area contributed by atoms with Crippen LogP contribution >= 0.6 is 11.6 Å². The second-order valence-electron chi connectivity index (χ2n) is 5.23. The number of fused-ring (bicyclic) bond motifs is 1. The van der Waals surface area contributed by atoms with Crippen molar-refractivity contribution in [3.63, 3.8) is 0 Å². The van der Waals surface area contributed by atoms with Crippen molar-refractivity contribution >= 4 is 22.8 Å². The van der Waals surface area contributed by atoms with Crippen LogP contribution in [0.15, 0.2) is 11.0 Å². The second kappa shape index (κ2) is 4.60. The molecule has 6 nitrogen and oxygen atoms in total.